The summed E-state index contributed by atoms with van der Waals surface area (Å²) < 4.78 is 11.4. The number of hydrogen-bond donors (Lipinski definition) is 0. The van der Waals surface area contributed by atoms with Gasteiger partial charge in [0.2, 0.25) is 0 Å². The van der Waals surface area contributed by atoms with Crippen LogP contribution in [0.4, 0.5) is 0 Å². The van der Waals surface area contributed by atoms with E-state index in [0.29, 0.717) is 17.2 Å². The summed E-state index contributed by atoms with van der Waals surface area (Å²) in [5.41, 5.74) is 0.571. The van der Waals surface area contributed by atoms with Crippen LogP contribution >= 0.6 is 11.6 Å². The van der Waals surface area contributed by atoms with Crippen molar-refractivity contribution in [2.24, 2.45) is 5.92 Å². The molecule has 2 aliphatic rings. The minimum atomic E-state index is -0.143. The number of carbonyl (C=O) groups is 1. The van der Waals surface area contributed by atoms with Crippen molar-refractivity contribution in [1.82, 2.24) is 0 Å². The Morgan fingerprint density at radius 2 is 2.05 bits per heavy atom. The fourth-order valence-electron chi connectivity index (χ4n) is 3.22. The zero-order valence-corrected chi connectivity index (χ0v) is 12.2. The van der Waals surface area contributed by atoms with E-state index in [9.17, 15) is 4.79 Å². The van der Waals surface area contributed by atoms with Gasteiger partial charge in [0.05, 0.1) is 5.60 Å². The number of halogens is 1. The highest BCUT2D eigenvalue weighted by Crippen LogP contribution is 2.38. The highest BCUT2D eigenvalue weighted by molar-refractivity contribution is 6.31. The number of hydrogen-bond acceptors (Lipinski definition) is 3. The third-order valence-electron chi connectivity index (χ3n) is 4.38. The highest BCUT2D eigenvalue weighted by Gasteiger charge is 2.41. The maximum absolute atomic E-state index is 12.6. The van der Waals surface area contributed by atoms with E-state index in [1.54, 1.807) is 12.1 Å². The molecule has 1 aromatic rings. The predicted octanol–water partition coefficient (Wildman–Crippen LogP) is 3.50. The smallest absolute Gasteiger partial charge is 0.166 e. The number of Topliss-reactive ketones (excluding diaryl/α,β-unsaturated/α-hetero) is 1. The maximum atomic E-state index is 12.6. The molecule has 0 aromatic heterocycles. The lowest BCUT2D eigenvalue weighted by Gasteiger charge is -2.42. The summed E-state index contributed by atoms with van der Waals surface area (Å²) in [7, 11) is 0. The Labute approximate surface area is 124 Å². The number of ketones is 1. The quantitative estimate of drug-likeness (QED) is 0.783. The molecule has 1 aromatic carbocycles. The molecule has 0 saturated carbocycles. The molecule has 3 rings (SSSR count). The lowest BCUT2D eigenvalue weighted by atomic mass is 9.78. The van der Waals surface area contributed by atoms with Crippen molar-refractivity contribution in [3.05, 3.63) is 34.9 Å². The molecule has 0 N–H and O–H groups in total. The van der Waals surface area contributed by atoms with Crippen molar-refractivity contribution in [1.29, 1.82) is 0 Å². The molecule has 0 radical (unpaired) electrons. The number of benzene rings is 1. The molecular weight excluding hydrogens is 276 g/mol. The molecule has 2 saturated heterocycles. The van der Waals surface area contributed by atoms with Gasteiger partial charge < -0.3 is 9.47 Å². The van der Waals surface area contributed by atoms with Gasteiger partial charge in [0, 0.05) is 36.3 Å². The summed E-state index contributed by atoms with van der Waals surface area (Å²) in [4.78, 5) is 12.6. The first-order valence-corrected chi connectivity index (χ1v) is 7.58. The van der Waals surface area contributed by atoms with E-state index in [0.717, 1.165) is 38.9 Å². The van der Waals surface area contributed by atoms with Crippen molar-refractivity contribution in [3.63, 3.8) is 0 Å². The molecule has 2 aliphatic heterocycles. The third kappa shape index (κ3) is 2.90. The molecule has 1 spiro atoms. The average Bonchev–Trinajstić information content (AvgIpc) is 2.47. The molecule has 2 fully saturated rings. The van der Waals surface area contributed by atoms with E-state index in [1.807, 2.05) is 12.1 Å². The van der Waals surface area contributed by atoms with Crippen molar-refractivity contribution >= 4 is 17.4 Å². The fraction of sp³-hybridized carbons (Fsp3) is 0.562. The van der Waals surface area contributed by atoms with Crippen LogP contribution in [0.2, 0.25) is 5.02 Å². The Kier molecular flexibility index (Phi) is 4.11. The Balaban J connectivity index is 1.74. The van der Waals surface area contributed by atoms with Gasteiger partial charge in [-0.05, 0) is 37.8 Å². The average molecular weight is 295 g/mol. The number of rotatable bonds is 2. The van der Waals surface area contributed by atoms with Crippen LogP contribution in [0, 0.1) is 5.92 Å². The predicted molar refractivity (Wildman–Crippen MR) is 77.2 cm³/mol. The SMILES string of the molecule is O=C(c1cccc(Cl)c1)C1CCOC2(CCOCC2)C1. The summed E-state index contributed by atoms with van der Waals surface area (Å²) in [5.74, 6) is 0.238. The zero-order chi connectivity index (χ0) is 14.0. The standard InChI is InChI=1S/C16H19ClO3/c17-14-3-1-2-12(10-14)15(18)13-4-7-20-16(11-13)5-8-19-9-6-16/h1-3,10,13H,4-9,11H2. The fourth-order valence-corrected chi connectivity index (χ4v) is 3.41. The Hall–Kier alpha value is -0.900. The normalized spacial score (nSPS) is 25.6. The molecule has 0 bridgehead atoms. The van der Waals surface area contributed by atoms with E-state index < -0.39 is 0 Å². The second-order valence-corrected chi connectivity index (χ2v) is 6.14. The van der Waals surface area contributed by atoms with Crippen LogP contribution in [-0.2, 0) is 9.47 Å². The lowest BCUT2D eigenvalue weighted by molar-refractivity contribution is -0.142. The summed E-state index contributed by atoms with van der Waals surface area (Å²) in [6, 6.07) is 7.23. The Morgan fingerprint density at radius 1 is 1.25 bits per heavy atom. The summed E-state index contributed by atoms with van der Waals surface area (Å²) in [6.45, 7) is 2.13. The second-order valence-electron chi connectivity index (χ2n) is 5.71. The van der Waals surface area contributed by atoms with Crippen molar-refractivity contribution in [2.75, 3.05) is 19.8 Å². The Morgan fingerprint density at radius 3 is 2.80 bits per heavy atom. The lowest BCUT2D eigenvalue weighted by Crippen LogP contribution is -2.45. The molecule has 4 heteroatoms. The van der Waals surface area contributed by atoms with Crippen LogP contribution in [0.1, 0.15) is 36.0 Å². The maximum Gasteiger partial charge on any atom is 0.166 e. The molecule has 108 valence electrons. The molecule has 2 heterocycles. The highest BCUT2D eigenvalue weighted by atomic mass is 35.5. The first-order chi connectivity index (χ1) is 9.69. The minimum absolute atomic E-state index is 0.0420. The van der Waals surface area contributed by atoms with Gasteiger partial charge in [0.25, 0.3) is 0 Å². The van der Waals surface area contributed by atoms with Crippen LogP contribution in [0.15, 0.2) is 24.3 Å². The van der Waals surface area contributed by atoms with Crippen molar-refractivity contribution in [3.8, 4) is 0 Å². The van der Waals surface area contributed by atoms with E-state index in [2.05, 4.69) is 0 Å². The summed E-state index contributed by atoms with van der Waals surface area (Å²) in [6.07, 6.45) is 3.40. The molecule has 0 aliphatic carbocycles. The topological polar surface area (TPSA) is 35.5 Å². The van der Waals surface area contributed by atoms with Crippen LogP contribution in [0.5, 0.6) is 0 Å². The van der Waals surface area contributed by atoms with Gasteiger partial charge in [-0.3, -0.25) is 4.79 Å². The minimum Gasteiger partial charge on any atom is -0.381 e. The van der Waals surface area contributed by atoms with Gasteiger partial charge in [-0.25, -0.2) is 0 Å². The van der Waals surface area contributed by atoms with Crippen molar-refractivity contribution < 1.29 is 14.3 Å². The first kappa shape index (κ1) is 14.1. The van der Waals surface area contributed by atoms with Crippen LogP contribution in [-0.4, -0.2) is 31.2 Å². The zero-order valence-electron chi connectivity index (χ0n) is 11.4. The summed E-state index contributed by atoms with van der Waals surface area (Å²) >= 11 is 5.98. The Bertz CT molecular complexity index is 489. The summed E-state index contributed by atoms with van der Waals surface area (Å²) in [5, 5.41) is 0.615. The van der Waals surface area contributed by atoms with Gasteiger partial charge in [-0.1, -0.05) is 23.7 Å². The number of carbonyl (C=O) groups excluding carboxylic acids is 1. The largest absolute Gasteiger partial charge is 0.381 e. The van der Waals surface area contributed by atoms with Gasteiger partial charge in [0.1, 0.15) is 0 Å². The van der Waals surface area contributed by atoms with E-state index in [-0.39, 0.29) is 17.3 Å². The van der Waals surface area contributed by atoms with Gasteiger partial charge in [-0.15, -0.1) is 0 Å². The van der Waals surface area contributed by atoms with E-state index in [4.69, 9.17) is 21.1 Å². The second kappa shape index (κ2) is 5.84. The molecule has 3 nitrogen and oxygen atoms in total. The molecule has 1 atom stereocenters. The third-order valence-corrected chi connectivity index (χ3v) is 4.61. The van der Waals surface area contributed by atoms with E-state index >= 15 is 0 Å². The van der Waals surface area contributed by atoms with Gasteiger partial charge in [-0.2, -0.15) is 0 Å². The number of ether oxygens (including phenoxy) is 2. The van der Waals surface area contributed by atoms with E-state index in [1.165, 1.54) is 0 Å². The molecule has 20 heavy (non-hydrogen) atoms. The monoisotopic (exact) mass is 294 g/mol. The van der Waals surface area contributed by atoms with Crippen LogP contribution in [0.3, 0.4) is 0 Å². The first-order valence-electron chi connectivity index (χ1n) is 7.20. The van der Waals surface area contributed by atoms with Gasteiger partial charge >= 0.3 is 0 Å². The van der Waals surface area contributed by atoms with Gasteiger partial charge in [0.15, 0.2) is 5.78 Å². The molecule has 0 amide bonds. The van der Waals surface area contributed by atoms with Crippen molar-refractivity contribution in [2.45, 2.75) is 31.3 Å². The van der Waals surface area contributed by atoms with Crippen LogP contribution in [0.25, 0.3) is 0 Å². The molecule has 1 unspecified atom stereocenters. The van der Waals surface area contributed by atoms with Crippen LogP contribution < -0.4 is 0 Å². The molecular formula is C16H19ClO3.